The molecule has 3 heterocycles. The molecule has 2 N–H and O–H groups in total. The van der Waals surface area contributed by atoms with E-state index in [-0.39, 0.29) is 12.2 Å². The molecule has 1 atom stereocenters. The van der Waals surface area contributed by atoms with E-state index in [1.165, 1.54) is 11.3 Å². The van der Waals surface area contributed by atoms with Gasteiger partial charge in [-0.1, -0.05) is 11.6 Å². The highest BCUT2D eigenvalue weighted by Gasteiger charge is 2.27. The average molecular weight is 358 g/mol. The molecule has 3 rings (SSSR count). The Morgan fingerprint density at radius 1 is 1.52 bits per heavy atom. The fourth-order valence-electron chi connectivity index (χ4n) is 2.71. The number of aliphatic hydroxyl groups is 2. The summed E-state index contributed by atoms with van der Waals surface area (Å²) in [7, 11) is 0. The smallest absolute Gasteiger partial charge is 0.226 e. The van der Waals surface area contributed by atoms with Crippen molar-refractivity contribution in [2.24, 2.45) is 0 Å². The van der Waals surface area contributed by atoms with Crippen LogP contribution in [0.2, 0.25) is 0 Å². The second-order valence-corrected chi connectivity index (χ2v) is 7.59. The van der Waals surface area contributed by atoms with E-state index in [4.69, 9.17) is 16.3 Å². The van der Waals surface area contributed by atoms with Crippen molar-refractivity contribution in [1.29, 1.82) is 0 Å². The van der Waals surface area contributed by atoms with Gasteiger partial charge in [-0.25, -0.2) is 9.97 Å². The summed E-state index contributed by atoms with van der Waals surface area (Å²) < 4.78 is 6.24. The van der Waals surface area contributed by atoms with Crippen molar-refractivity contribution < 1.29 is 14.9 Å². The molecular formula is C15H20ClN3O3S. The van der Waals surface area contributed by atoms with Crippen LogP contribution in [-0.4, -0.2) is 52.0 Å². The molecule has 1 unspecified atom stereocenters. The Morgan fingerprint density at radius 2 is 2.30 bits per heavy atom. The molecule has 1 aliphatic rings. The fourth-order valence-corrected chi connectivity index (χ4v) is 4.13. The molecule has 8 heteroatoms. The second-order valence-electron chi connectivity index (χ2n) is 6.05. The predicted octanol–water partition coefficient (Wildman–Crippen LogP) is 1.85. The predicted molar refractivity (Wildman–Crippen MR) is 91.3 cm³/mol. The minimum absolute atomic E-state index is 0.00948. The molecule has 1 fully saturated rings. The monoisotopic (exact) mass is 357 g/mol. The van der Waals surface area contributed by atoms with E-state index < -0.39 is 5.60 Å². The lowest BCUT2D eigenvalue weighted by Crippen LogP contribution is -2.41. The van der Waals surface area contributed by atoms with Gasteiger partial charge in [-0.15, -0.1) is 11.3 Å². The van der Waals surface area contributed by atoms with Gasteiger partial charge < -0.3 is 19.8 Å². The van der Waals surface area contributed by atoms with Crippen LogP contribution in [0.5, 0.6) is 0 Å². The topological polar surface area (TPSA) is 78.7 Å². The summed E-state index contributed by atoms with van der Waals surface area (Å²) in [4.78, 5) is 11.9. The van der Waals surface area contributed by atoms with Gasteiger partial charge in [0, 0.05) is 18.0 Å². The third-order valence-corrected chi connectivity index (χ3v) is 5.47. The molecule has 0 spiro atoms. The van der Waals surface area contributed by atoms with E-state index in [0.717, 1.165) is 20.7 Å². The third-order valence-electron chi connectivity index (χ3n) is 3.74. The summed E-state index contributed by atoms with van der Waals surface area (Å²) in [5, 5.41) is 19.8. The molecule has 2 aromatic heterocycles. The summed E-state index contributed by atoms with van der Waals surface area (Å²) in [6, 6.07) is 0. The molecule has 0 amide bonds. The first kappa shape index (κ1) is 16.9. The Hall–Kier alpha value is -0.990. The number of morpholine rings is 1. The van der Waals surface area contributed by atoms with Crippen molar-refractivity contribution in [2.45, 2.75) is 31.4 Å². The minimum atomic E-state index is -0.976. The van der Waals surface area contributed by atoms with E-state index in [1.807, 2.05) is 4.90 Å². The highest BCUT2D eigenvalue weighted by atomic mass is 35.5. The van der Waals surface area contributed by atoms with Crippen molar-refractivity contribution in [2.75, 3.05) is 31.2 Å². The number of alkyl halides is 1. The van der Waals surface area contributed by atoms with Crippen molar-refractivity contribution in [3.8, 4) is 0 Å². The largest absolute Gasteiger partial charge is 0.396 e. The van der Waals surface area contributed by atoms with Crippen LogP contribution in [0, 0.1) is 0 Å². The summed E-state index contributed by atoms with van der Waals surface area (Å²) >= 11 is 7.51. The van der Waals surface area contributed by atoms with Crippen molar-refractivity contribution in [3.63, 3.8) is 0 Å². The van der Waals surface area contributed by atoms with Crippen molar-refractivity contribution >= 4 is 39.1 Å². The standard InChI is InChI=1S/C15H20ClN3O3S/c1-15(2,21)13-9(3-5-20)12-10(23-13)7-17-14(18-12)19-4-6-22-11(16)8-19/h7,11,20-21H,3-6,8H2,1-2H3. The van der Waals surface area contributed by atoms with Gasteiger partial charge in [0.05, 0.1) is 35.2 Å². The molecule has 2 aromatic rings. The third kappa shape index (κ3) is 3.44. The Labute approximate surface area is 143 Å². The van der Waals surface area contributed by atoms with Crippen LogP contribution in [0.1, 0.15) is 24.3 Å². The number of rotatable bonds is 4. The number of thiophene rings is 1. The molecule has 0 aromatic carbocycles. The molecule has 0 radical (unpaired) electrons. The van der Waals surface area contributed by atoms with Crippen molar-refractivity contribution in [1.82, 2.24) is 9.97 Å². The summed E-state index contributed by atoms with van der Waals surface area (Å²) in [5.74, 6) is 0.603. The first-order valence-corrected chi connectivity index (χ1v) is 8.78. The fraction of sp³-hybridized carbons (Fsp3) is 0.600. The number of hydrogen-bond acceptors (Lipinski definition) is 7. The van der Waals surface area contributed by atoms with Crippen LogP contribution in [0.25, 0.3) is 10.2 Å². The lowest BCUT2D eigenvalue weighted by atomic mass is 10.0. The number of nitrogens with zero attached hydrogens (tertiary/aromatic N) is 3. The van der Waals surface area contributed by atoms with Gasteiger partial charge in [0.1, 0.15) is 5.56 Å². The first-order chi connectivity index (χ1) is 10.9. The highest BCUT2D eigenvalue weighted by molar-refractivity contribution is 7.19. The Kier molecular flexibility index (Phi) is 4.75. The van der Waals surface area contributed by atoms with E-state index in [0.29, 0.717) is 32.1 Å². The van der Waals surface area contributed by atoms with Gasteiger partial charge in [0.15, 0.2) is 0 Å². The number of anilines is 1. The van der Waals surface area contributed by atoms with Gasteiger partial charge in [0.25, 0.3) is 0 Å². The number of aromatic nitrogens is 2. The van der Waals surface area contributed by atoms with Gasteiger partial charge >= 0.3 is 0 Å². The highest BCUT2D eigenvalue weighted by Crippen LogP contribution is 2.37. The van der Waals surface area contributed by atoms with Crippen molar-refractivity contribution in [3.05, 3.63) is 16.6 Å². The van der Waals surface area contributed by atoms with Gasteiger partial charge in [0.2, 0.25) is 5.95 Å². The summed E-state index contributed by atoms with van der Waals surface area (Å²) in [6.07, 6.45) is 2.23. The zero-order valence-corrected chi connectivity index (χ0v) is 14.7. The molecule has 6 nitrogen and oxygen atoms in total. The van der Waals surface area contributed by atoms with Crippen LogP contribution < -0.4 is 4.90 Å². The minimum Gasteiger partial charge on any atom is -0.396 e. The normalized spacial score (nSPS) is 19.5. The van der Waals surface area contributed by atoms with Crippen LogP contribution >= 0.6 is 22.9 Å². The number of aliphatic hydroxyl groups excluding tert-OH is 1. The Bertz CT molecular complexity index is 701. The number of halogens is 1. The number of hydrogen-bond donors (Lipinski definition) is 2. The van der Waals surface area contributed by atoms with E-state index >= 15 is 0 Å². The lowest BCUT2D eigenvalue weighted by molar-refractivity contribution is 0.0815. The SMILES string of the molecule is CC(C)(O)c1sc2cnc(N3CCOC(Cl)C3)nc2c1CCO. The Morgan fingerprint density at radius 3 is 2.96 bits per heavy atom. The van der Waals surface area contributed by atoms with Crippen LogP contribution in [0.3, 0.4) is 0 Å². The molecule has 1 aliphatic heterocycles. The first-order valence-electron chi connectivity index (χ1n) is 7.53. The second kappa shape index (κ2) is 6.49. The molecular weight excluding hydrogens is 338 g/mol. The maximum Gasteiger partial charge on any atom is 0.226 e. The number of ether oxygens (including phenoxy) is 1. The molecule has 23 heavy (non-hydrogen) atoms. The van der Waals surface area contributed by atoms with Crippen LogP contribution in [0.15, 0.2) is 6.20 Å². The average Bonchev–Trinajstić information content (AvgIpc) is 2.86. The summed E-state index contributed by atoms with van der Waals surface area (Å²) in [6.45, 7) is 5.25. The molecule has 0 saturated carbocycles. The lowest BCUT2D eigenvalue weighted by Gasteiger charge is -2.29. The number of fused-ring (bicyclic) bond motifs is 1. The van der Waals surface area contributed by atoms with Crippen LogP contribution in [0.4, 0.5) is 5.95 Å². The van der Waals surface area contributed by atoms with Gasteiger partial charge in [-0.2, -0.15) is 0 Å². The molecule has 1 saturated heterocycles. The summed E-state index contributed by atoms with van der Waals surface area (Å²) in [5.41, 5.74) is 0.341. The maximum absolute atomic E-state index is 10.4. The van der Waals surface area contributed by atoms with E-state index in [2.05, 4.69) is 9.97 Å². The molecule has 0 aliphatic carbocycles. The van der Waals surface area contributed by atoms with Gasteiger partial charge in [-0.3, -0.25) is 0 Å². The zero-order valence-electron chi connectivity index (χ0n) is 13.1. The molecule has 126 valence electrons. The zero-order chi connectivity index (χ0) is 16.6. The van der Waals surface area contributed by atoms with E-state index in [9.17, 15) is 10.2 Å². The van der Waals surface area contributed by atoms with E-state index in [1.54, 1.807) is 20.0 Å². The van der Waals surface area contributed by atoms with Crippen LogP contribution in [-0.2, 0) is 16.8 Å². The van der Waals surface area contributed by atoms with Gasteiger partial charge in [-0.05, 0) is 25.8 Å². The Balaban J connectivity index is 2.05. The maximum atomic E-state index is 10.4. The molecule has 0 bridgehead atoms. The quantitative estimate of drug-likeness (QED) is 0.813.